The number of urea groups is 1. The van der Waals surface area contributed by atoms with Crippen LogP contribution in [0.4, 0.5) is 4.79 Å². The first kappa shape index (κ1) is 20.0. The number of rotatable bonds is 5. The first-order valence-electron chi connectivity index (χ1n) is 10.4. The van der Waals surface area contributed by atoms with Crippen LogP contribution in [0.1, 0.15) is 35.6 Å². The van der Waals surface area contributed by atoms with Crippen molar-refractivity contribution in [3.63, 3.8) is 0 Å². The summed E-state index contributed by atoms with van der Waals surface area (Å²) < 4.78 is 5.31. The number of aromatic amines is 1. The second-order valence-electron chi connectivity index (χ2n) is 7.85. The van der Waals surface area contributed by atoms with E-state index in [2.05, 4.69) is 52.8 Å². The van der Waals surface area contributed by atoms with Crippen LogP contribution < -0.4 is 10.1 Å². The summed E-state index contributed by atoms with van der Waals surface area (Å²) in [5.74, 6) is 1.21. The molecule has 156 valence electrons. The number of likely N-dealkylation sites (tertiary alicyclic amines) is 1. The third-order valence-electron chi connectivity index (χ3n) is 5.75. The van der Waals surface area contributed by atoms with E-state index in [-0.39, 0.29) is 6.03 Å². The number of ether oxygens (including phenoxy) is 1. The summed E-state index contributed by atoms with van der Waals surface area (Å²) in [4.78, 5) is 14.4. The Labute approximate surface area is 177 Å². The molecule has 4 rings (SSSR count). The molecule has 2 heterocycles. The molecule has 2 amide bonds. The minimum atomic E-state index is 0.00991. The number of piperidine rings is 1. The van der Waals surface area contributed by atoms with E-state index in [4.69, 9.17) is 4.74 Å². The molecule has 1 aliphatic heterocycles. The molecule has 0 atom stereocenters. The number of aromatic nitrogens is 2. The summed E-state index contributed by atoms with van der Waals surface area (Å²) in [6, 6.07) is 18.3. The number of methoxy groups -OCH3 is 1. The molecule has 30 heavy (non-hydrogen) atoms. The highest BCUT2D eigenvalue weighted by Crippen LogP contribution is 2.30. The Hall–Kier alpha value is -3.28. The smallest absolute Gasteiger partial charge is 0.317 e. The molecule has 0 aliphatic carbocycles. The van der Waals surface area contributed by atoms with Crippen LogP contribution >= 0.6 is 0 Å². The van der Waals surface area contributed by atoms with Crippen molar-refractivity contribution in [2.24, 2.45) is 0 Å². The van der Waals surface area contributed by atoms with Crippen LogP contribution in [-0.4, -0.2) is 41.3 Å². The number of H-pyrrole nitrogens is 1. The lowest BCUT2D eigenvalue weighted by molar-refractivity contribution is 0.180. The topological polar surface area (TPSA) is 70.2 Å². The van der Waals surface area contributed by atoms with Crippen molar-refractivity contribution in [1.82, 2.24) is 20.4 Å². The van der Waals surface area contributed by atoms with Gasteiger partial charge in [0.2, 0.25) is 0 Å². The fourth-order valence-electron chi connectivity index (χ4n) is 3.87. The van der Waals surface area contributed by atoms with Crippen molar-refractivity contribution >= 4 is 6.03 Å². The summed E-state index contributed by atoms with van der Waals surface area (Å²) >= 11 is 0. The van der Waals surface area contributed by atoms with Gasteiger partial charge in [-0.1, -0.05) is 42.0 Å². The van der Waals surface area contributed by atoms with E-state index < -0.39 is 0 Å². The molecule has 3 aromatic rings. The van der Waals surface area contributed by atoms with Crippen LogP contribution in [0.5, 0.6) is 5.75 Å². The lowest BCUT2D eigenvalue weighted by Gasteiger charge is -2.31. The van der Waals surface area contributed by atoms with E-state index in [9.17, 15) is 4.79 Å². The second-order valence-corrected chi connectivity index (χ2v) is 7.85. The van der Waals surface area contributed by atoms with Gasteiger partial charge in [0.15, 0.2) is 0 Å². The van der Waals surface area contributed by atoms with Gasteiger partial charge in [0, 0.05) is 36.8 Å². The molecule has 0 unspecified atom stereocenters. The summed E-state index contributed by atoms with van der Waals surface area (Å²) in [6.45, 7) is 4.12. The first-order valence-corrected chi connectivity index (χ1v) is 10.4. The van der Waals surface area contributed by atoms with E-state index in [1.807, 2.05) is 29.2 Å². The van der Waals surface area contributed by atoms with Gasteiger partial charge < -0.3 is 15.0 Å². The molecule has 2 N–H and O–H groups in total. The number of hydrogen-bond donors (Lipinski definition) is 2. The van der Waals surface area contributed by atoms with Gasteiger partial charge in [-0.25, -0.2) is 4.79 Å². The largest absolute Gasteiger partial charge is 0.497 e. The Bertz CT molecular complexity index is 988. The Morgan fingerprint density at radius 2 is 1.93 bits per heavy atom. The molecular weight excluding hydrogens is 376 g/mol. The standard InChI is InChI=1S/C24H28N4O2/c1-17-6-8-18(9-7-17)16-25-24(29)28-12-10-19(11-13-28)22-15-23(27-26-22)20-4-3-5-21(14-20)30-2/h3-9,14-15,19H,10-13,16H2,1-2H3,(H,25,29)(H,26,27). The number of hydrogen-bond acceptors (Lipinski definition) is 3. The lowest BCUT2D eigenvalue weighted by Crippen LogP contribution is -2.43. The molecule has 1 aromatic heterocycles. The van der Waals surface area contributed by atoms with Gasteiger partial charge in [0.1, 0.15) is 5.75 Å². The molecule has 2 aromatic carbocycles. The van der Waals surface area contributed by atoms with Gasteiger partial charge in [0.25, 0.3) is 0 Å². The fraction of sp³-hybridized carbons (Fsp3) is 0.333. The summed E-state index contributed by atoms with van der Waals surface area (Å²) in [5.41, 5.74) is 5.42. The number of aryl methyl sites for hydroxylation is 1. The molecule has 6 nitrogen and oxygen atoms in total. The van der Waals surface area contributed by atoms with Crippen molar-refractivity contribution < 1.29 is 9.53 Å². The predicted molar refractivity (Wildman–Crippen MR) is 118 cm³/mol. The van der Waals surface area contributed by atoms with E-state index in [0.717, 1.165) is 54.2 Å². The highest BCUT2D eigenvalue weighted by atomic mass is 16.5. The zero-order valence-corrected chi connectivity index (χ0v) is 17.5. The van der Waals surface area contributed by atoms with Crippen LogP contribution in [0.2, 0.25) is 0 Å². The Morgan fingerprint density at radius 1 is 1.17 bits per heavy atom. The normalized spacial score (nSPS) is 14.5. The van der Waals surface area contributed by atoms with Crippen molar-refractivity contribution in [1.29, 1.82) is 0 Å². The van der Waals surface area contributed by atoms with Gasteiger partial charge in [-0.3, -0.25) is 5.10 Å². The number of carbonyl (C=O) groups is 1. The number of nitrogens with one attached hydrogen (secondary N) is 2. The molecule has 0 spiro atoms. The second kappa shape index (κ2) is 9.03. The van der Waals surface area contributed by atoms with Crippen LogP contribution in [-0.2, 0) is 6.54 Å². The van der Waals surface area contributed by atoms with Crippen molar-refractivity contribution in [3.8, 4) is 17.0 Å². The molecule has 1 fully saturated rings. The number of benzene rings is 2. The third-order valence-corrected chi connectivity index (χ3v) is 5.75. The van der Waals surface area contributed by atoms with Gasteiger partial charge in [-0.2, -0.15) is 5.10 Å². The van der Waals surface area contributed by atoms with E-state index in [1.54, 1.807) is 7.11 Å². The van der Waals surface area contributed by atoms with Crippen molar-refractivity contribution in [3.05, 3.63) is 71.4 Å². The maximum absolute atomic E-state index is 12.5. The molecule has 6 heteroatoms. The Kier molecular flexibility index (Phi) is 6.02. The fourth-order valence-corrected chi connectivity index (χ4v) is 3.87. The molecule has 0 bridgehead atoms. The van der Waals surface area contributed by atoms with Crippen LogP contribution in [0.15, 0.2) is 54.6 Å². The SMILES string of the molecule is COc1cccc(-c2cc(C3CCN(C(=O)NCc4ccc(C)cc4)CC3)[nH]n2)c1. The lowest BCUT2D eigenvalue weighted by atomic mass is 9.93. The zero-order chi connectivity index (χ0) is 20.9. The Balaban J connectivity index is 1.30. The minimum Gasteiger partial charge on any atom is -0.497 e. The van der Waals surface area contributed by atoms with E-state index in [1.165, 1.54) is 5.56 Å². The Morgan fingerprint density at radius 3 is 2.67 bits per heavy atom. The van der Waals surface area contributed by atoms with Crippen molar-refractivity contribution in [2.75, 3.05) is 20.2 Å². The van der Waals surface area contributed by atoms with Crippen LogP contribution in [0, 0.1) is 6.92 Å². The molecule has 0 saturated carbocycles. The molecule has 1 aliphatic rings. The first-order chi connectivity index (χ1) is 14.6. The van der Waals surface area contributed by atoms with Gasteiger partial charge in [-0.15, -0.1) is 0 Å². The van der Waals surface area contributed by atoms with Gasteiger partial charge >= 0.3 is 6.03 Å². The van der Waals surface area contributed by atoms with Crippen molar-refractivity contribution in [2.45, 2.75) is 32.2 Å². The summed E-state index contributed by atoms with van der Waals surface area (Å²) in [5, 5.41) is 10.7. The highest BCUT2D eigenvalue weighted by Gasteiger charge is 2.25. The van der Waals surface area contributed by atoms with Gasteiger partial charge in [0.05, 0.1) is 12.8 Å². The quantitative estimate of drug-likeness (QED) is 0.659. The van der Waals surface area contributed by atoms with E-state index >= 15 is 0 Å². The van der Waals surface area contributed by atoms with E-state index in [0.29, 0.717) is 12.5 Å². The molecule has 1 saturated heterocycles. The minimum absolute atomic E-state index is 0.00991. The average molecular weight is 405 g/mol. The maximum atomic E-state index is 12.5. The molecule has 0 radical (unpaired) electrons. The van der Waals surface area contributed by atoms with Crippen LogP contribution in [0.3, 0.4) is 0 Å². The monoisotopic (exact) mass is 404 g/mol. The molecular formula is C24H28N4O2. The number of carbonyl (C=O) groups excluding carboxylic acids is 1. The maximum Gasteiger partial charge on any atom is 0.317 e. The zero-order valence-electron chi connectivity index (χ0n) is 17.5. The number of nitrogens with zero attached hydrogens (tertiary/aromatic N) is 2. The third kappa shape index (κ3) is 4.64. The van der Waals surface area contributed by atoms with Crippen LogP contribution in [0.25, 0.3) is 11.3 Å². The van der Waals surface area contributed by atoms with Gasteiger partial charge in [-0.05, 0) is 43.5 Å². The highest BCUT2D eigenvalue weighted by molar-refractivity contribution is 5.74. The average Bonchev–Trinajstić information content (AvgIpc) is 3.29. The summed E-state index contributed by atoms with van der Waals surface area (Å²) in [7, 11) is 1.67. The summed E-state index contributed by atoms with van der Waals surface area (Å²) in [6.07, 6.45) is 1.86. The predicted octanol–water partition coefficient (Wildman–Crippen LogP) is 4.48. The number of amides is 2.